The number of para-hydroxylation sites is 2. The van der Waals surface area contributed by atoms with Gasteiger partial charge in [-0.1, -0.05) is 127 Å². The van der Waals surface area contributed by atoms with Crippen molar-refractivity contribution in [3.05, 3.63) is 209 Å². The normalized spacial score (nSPS) is 14.6. The molecule has 47 heavy (non-hydrogen) atoms. The van der Waals surface area contributed by atoms with Gasteiger partial charge in [-0.05, 0) is 104 Å². The third-order valence-corrected chi connectivity index (χ3v) is 10.7. The Morgan fingerprint density at radius 2 is 0.979 bits per heavy atom. The second kappa shape index (κ2) is 9.88. The molecule has 7 aromatic carbocycles. The van der Waals surface area contributed by atoms with E-state index in [0.29, 0.717) is 0 Å². The Hall–Kier alpha value is -5.73. The Balaban J connectivity index is 1.23. The summed E-state index contributed by atoms with van der Waals surface area (Å²) in [5.74, 6) is 0.0315. The summed E-state index contributed by atoms with van der Waals surface area (Å²) in [7, 11) is 0. The lowest BCUT2D eigenvalue weighted by molar-refractivity contribution is 0.622. The van der Waals surface area contributed by atoms with Crippen molar-refractivity contribution in [3.8, 4) is 22.3 Å². The zero-order valence-electron chi connectivity index (χ0n) is 25.7. The quantitative estimate of drug-likeness (QED) is 0.194. The van der Waals surface area contributed by atoms with Crippen LogP contribution >= 0.6 is 0 Å². The van der Waals surface area contributed by atoms with Gasteiger partial charge in [0.2, 0.25) is 0 Å². The Labute approximate surface area is 274 Å². The molecular formula is C45H30FN. The van der Waals surface area contributed by atoms with Gasteiger partial charge < -0.3 is 4.90 Å². The van der Waals surface area contributed by atoms with Gasteiger partial charge in [0.25, 0.3) is 0 Å². The van der Waals surface area contributed by atoms with Gasteiger partial charge in [-0.15, -0.1) is 0 Å². The Kier molecular flexibility index (Phi) is 5.57. The van der Waals surface area contributed by atoms with Crippen molar-refractivity contribution < 1.29 is 4.39 Å². The molecule has 7 aromatic rings. The maximum Gasteiger partial charge on any atom is 0.123 e. The van der Waals surface area contributed by atoms with Gasteiger partial charge in [-0.2, -0.15) is 0 Å². The third-order valence-electron chi connectivity index (χ3n) is 10.7. The molecule has 0 fully saturated rings. The molecule has 0 radical (unpaired) electrons. The van der Waals surface area contributed by atoms with E-state index in [4.69, 9.17) is 0 Å². The van der Waals surface area contributed by atoms with Crippen molar-refractivity contribution >= 4 is 17.1 Å². The second-order valence-corrected chi connectivity index (χ2v) is 13.0. The number of fused-ring (bicyclic) bond motifs is 12. The Morgan fingerprint density at radius 1 is 0.468 bits per heavy atom. The van der Waals surface area contributed by atoms with Crippen molar-refractivity contribution in [2.45, 2.75) is 17.8 Å². The van der Waals surface area contributed by atoms with E-state index in [1.807, 2.05) is 6.07 Å². The number of rotatable bonds is 3. The highest BCUT2D eigenvalue weighted by atomic mass is 19.1. The maximum absolute atomic E-state index is 15.3. The number of benzene rings is 7. The second-order valence-electron chi connectivity index (χ2n) is 13.0. The SMILES string of the molecule is Fc1ccc2c(c1)C1(c3ccccc3-c3ccccc31)c1cc(N3c4ccccc4C(Cc4ccccc4)c4ccccc43)ccc1-2. The highest BCUT2D eigenvalue weighted by Gasteiger charge is 2.52. The molecule has 0 bridgehead atoms. The molecule has 1 aliphatic heterocycles. The lowest BCUT2D eigenvalue weighted by Crippen LogP contribution is -2.27. The van der Waals surface area contributed by atoms with Crippen LogP contribution in [0.1, 0.15) is 44.9 Å². The molecule has 222 valence electrons. The molecule has 1 heterocycles. The molecule has 0 saturated carbocycles. The van der Waals surface area contributed by atoms with Gasteiger partial charge in [-0.25, -0.2) is 4.39 Å². The highest BCUT2D eigenvalue weighted by molar-refractivity contribution is 5.96. The first kappa shape index (κ1) is 26.5. The third kappa shape index (κ3) is 3.58. The standard InChI is InChI=1S/C45H30FN/c46-30-22-24-34-35-25-23-31(28-42(35)45(41(34)27-30)39-18-8-4-14-32(39)33-15-5-9-19-40(33)45)47-43-20-10-6-16-36(43)38(26-29-12-2-1-3-13-29)37-17-7-11-21-44(37)47/h1-25,27-28,38H,26H2. The average Bonchev–Trinajstić information content (AvgIpc) is 3.58. The van der Waals surface area contributed by atoms with Gasteiger partial charge in [0, 0.05) is 23.0 Å². The topological polar surface area (TPSA) is 3.24 Å². The van der Waals surface area contributed by atoms with Crippen LogP contribution < -0.4 is 4.90 Å². The number of hydrogen-bond acceptors (Lipinski definition) is 1. The van der Waals surface area contributed by atoms with Crippen LogP contribution in [0.25, 0.3) is 22.3 Å². The molecule has 0 atom stereocenters. The summed E-state index contributed by atoms with van der Waals surface area (Å²) in [6, 6.07) is 58.2. The minimum Gasteiger partial charge on any atom is -0.310 e. The first-order chi connectivity index (χ1) is 23.2. The molecule has 1 nitrogen and oxygen atoms in total. The van der Waals surface area contributed by atoms with Crippen LogP contribution in [0.5, 0.6) is 0 Å². The van der Waals surface area contributed by atoms with E-state index in [0.717, 1.165) is 28.8 Å². The minimum atomic E-state index is -0.610. The summed E-state index contributed by atoms with van der Waals surface area (Å²) < 4.78 is 15.3. The number of halogens is 1. The molecule has 2 heteroatoms. The average molecular weight is 604 g/mol. The van der Waals surface area contributed by atoms with Crippen LogP contribution in [0.4, 0.5) is 21.5 Å². The van der Waals surface area contributed by atoms with E-state index < -0.39 is 5.41 Å². The van der Waals surface area contributed by atoms with E-state index in [1.54, 1.807) is 12.1 Å². The predicted molar refractivity (Wildman–Crippen MR) is 189 cm³/mol. The zero-order chi connectivity index (χ0) is 31.1. The fraction of sp³-hybridized carbons (Fsp3) is 0.0667. The van der Waals surface area contributed by atoms with Crippen LogP contribution in [0.15, 0.2) is 164 Å². The summed E-state index contributed by atoms with van der Waals surface area (Å²) in [5.41, 5.74) is 16.2. The lowest BCUT2D eigenvalue weighted by Gasteiger charge is -2.38. The molecule has 3 aliphatic rings. The van der Waals surface area contributed by atoms with Gasteiger partial charge in [0.1, 0.15) is 5.82 Å². The first-order valence-corrected chi connectivity index (χ1v) is 16.4. The van der Waals surface area contributed by atoms with Crippen LogP contribution in [0, 0.1) is 5.82 Å². The number of anilines is 3. The van der Waals surface area contributed by atoms with Crippen molar-refractivity contribution in [3.63, 3.8) is 0 Å². The molecule has 0 aromatic heterocycles. The number of nitrogens with zero attached hydrogens (tertiary/aromatic N) is 1. The van der Waals surface area contributed by atoms with Crippen LogP contribution in [-0.4, -0.2) is 0 Å². The molecule has 10 rings (SSSR count). The fourth-order valence-corrected chi connectivity index (χ4v) is 8.86. The highest BCUT2D eigenvalue weighted by Crippen LogP contribution is 2.63. The molecule has 0 saturated heterocycles. The van der Waals surface area contributed by atoms with E-state index in [-0.39, 0.29) is 11.7 Å². The zero-order valence-corrected chi connectivity index (χ0v) is 25.7. The monoisotopic (exact) mass is 603 g/mol. The summed E-state index contributed by atoms with van der Waals surface area (Å²) in [4.78, 5) is 2.44. The van der Waals surface area contributed by atoms with E-state index in [2.05, 4.69) is 150 Å². The maximum atomic E-state index is 15.3. The Bertz CT molecular complexity index is 2280. The Morgan fingerprint density at radius 3 is 1.64 bits per heavy atom. The molecular weight excluding hydrogens is 574 g/mol. The predicted octanol–water partition coefficient (Wildman–Crippen LogP) is 11.3. The van der Waals surface area contributed by atoms with Crippen molar-refractivity contribution in [2.75, 3.05) is 4.90 Å². The molecule has 2 aliphatic carbocycles. The van der Waals surface area contributed by atoms with E-state index in [9.17, 15) is 0 Å². The van der Waals surface area contributed by atoms with Crippen molar-refractivity contribution in [1.82, 2.24) is 0 Å². The van der Waals surface area contributed by atoms with E-state index in [1.165, 1.54) is 55.9 Å². The molecule has 1 spiro atoms. The van der Waals surface area contributed by atoms with Gasteiger partial charge in [0.15, 0.2) is 0 Å². The van der Waals surface area contributed by atoms with Crippen molar-refractivity contribution in [1.29, 1.82) is 0 Å². The van der Waals surface area contributed by atoms with Crippen LogP contribution in [0.2, 0.25) is 0 Å². The number of hydrogen-bond donors (Lipinski definition) is 0. The largest absolute Gasteiger partial charge is 0.310 e. The van der Waals surface area contributed by atoms with E-state index >= 15 is 4.39 Å². The van der Waals surface area contributed by atoms with Crippen molar-refractivity contribution in [2.24, 2.45) is 0 Å². The van der Waals surface area contributed by atoms with Crippen LogP contribution in [0.3, 0.4) is 0 Å². The lowest BCUT2D eigenvalue weighted by atomic mass is 9.70. The molecule has 0 amide bonds. The minimum absolute atomic E-state index is 0.207. The molecule has 0 unspecified atom stereocenters. The summed E-state index contributed by atoms with van der Waals surface area (Å²) in [6.45, 7) is 0. The van der Waals surface area contributed by atoms with Crippen LogP contribution in [-0.2, 0) is 11.8 Å². The fourth-order valence-electron chi connectivity index (χ4n) is 8.86. The van der Waals surface area contributed by atoms with Gasteiger partial charge in [-0.3, -0.25) is 0 Å². The smallest absolute Gasteiger partial charge is 0.123 e. The van der Waals surface area contributed by atoms with Gasteiger partial charge >= 0.3 is 0 Å². The van der Waals surface area contributed by atoms with Gasteiger partial charge in [0.05, 0.1) is 5.41 Å². The summed E-state index contributed by atoms with van der Waals surface area (Å²) in [5, 5.41) is 0. The summed E-state index contributed by atoms with van der Waals surface area (Å²) >= 11 is 0. The summed E-state index contributed by atoms with van der Waals surface area (Å²) in [6.07, 6.45) is 0.935. The molecule has 0 N–H and O–H groups in total. The first-order valence-electron chi connectivity index (χ1n) is 16.4.